The highest BCUT2D eigenvalue weighted by Gasteiger charge is 2.31. The maximum Gasteiger partial charge on any atom is 0.258 e. The zero-order chi connectivity index (χ0) is 22.9. The lowest BCUT2D eigenvalue weighted by atomic mass is 10.1. The van der Waals surface area contributed by atoms with E-state index in [2.05, 4.69) is 10.2 Å². The molecule has 0 bridgehead atoms. The standard InChI is InChI=1S/C25H17FN4O3/c1-15-28-29-24(32-15)17-10-8-16(9-11-17)13-30-14-19-5-3-7-21(22(19)25(30)31)33-23-18(12-27)4-2-6-20(23)26/h2-11H,13-14H2,1H3. The molecule has 8 heteroatoms. The van der Waals surface area contributed by atoms with E-state index in [1.807, 2.05) is 36.4 Å². The predicted octanol–water partition coefficient (Wildman–Crippen LogP) is 5.00. The van der Waals surface area contributed by atoms with Crippen LogP contribution in [0.15, 0.2) is 65.1 Å². The third-order valence-electron chi connectivity index (χ3n) is 5.37. The van der Waals surface area contributed by atoms with E-state index in [0.717, 1.165) is 16.7 Å². The van der Waals surface area contributed by atoms with E-state index in [-0.39, 0.29) is 23.0 Å². The summed E-state index contributed by atoms with van der Waals surface area (Å²) in [6.07, 6.45) is 0. The van der Waals surface area contributed by atoms with E-state index < -0.39 is 5.82 Å². The Hall–Kier alpha value is -4.51. The number of benzene rings is 3. The second-order valence-corrected chi connectivity index (χ2v) is 7.61. The zero-order valence-electron chi connectivity index (χ0n) is 17.6. The van der Waals surface area contributed by atoms with Gasteiger partial charge >= 0.3 is 0 Å². The Morgan fingerprint density at radius 1 is 1.12 bits per heavy atom. The third-order valence-corrected chi connectivity index (χ3v) is 5.37. The first kappa shape index (κ1) is 20.4. The van der Waals surface area contributed by atoms with E-state index >= 15 is 0 Å². The first-order valence-electron chi connectivity index (χ1n) is 10.2. The van der Waals surface area contributed by atoms with Crippen LogP contribution in [0, 0.1) is 24.1 Å². The first-order valence-corrected chi connectivity index (χ1v) is 10.2. The number of carbonyl (C=O) groups excluding carboxylic acids is 1. The number of nitriles is 1. The van der Waals surface area contributed by atoms with Crippen molar-refractivity contribution in [1.82, 2.24) is 15.1 Å². The molecular weight excluding hydrogens is 423 g/mol. The first-order chi connectivity index (χ1) is 16.0. The topological polar surface area (TPSA) is 92.2 Å². The van der Waals surface area contributed by atoms with Crippen LogP contribution < -0.4 is 4.74 Å². The van der Waals surface area contributed by atoms with Gasteiger partial charge in [0, 0.05) is 25.6 Å². The van der Waals surface area contributed by atoms with Gasteiger partial charge in [-0.3, -0.25) is 4.79 Å². The highest BCUT2D eigenvalue weighted by molar-refractivity contribution is 6.01. The average molecular weight is 440 g/mol. The molecule has 33 heavy (non-hydrogen) atoms. The summed E-state index contributed by atoms with van der Waals surface area (Å²) in [5, 5.41) is 17.1. The van der Waals surface area contributed by atoms with Crippen LogP contribution >= 0.6 is 0 Å². The Morgan fingerprint density at radius 2 is 1.91 bits per heavy atom. The van der Waals surface area contributed by atoms with Crippen LogP contribution in [0.3, 0.4) is 0 Å². The molecule has 0 unspecified atom stereocenters. The van der Waals surface area contributed by atoms with Gasteiger partial charge in [0.15, 0.2) is 11.6 Å². The number of nitrogens with zero attached hydrogens (tertiary/aromatic N) is 4. The lowest BCUT2D eigenvalue weighted by molar-refractivity contribution is 0.0764. The van der Waals surface area contributed by atoms with Crippen LogP contribution in [-0.2, 0) is 13.1 Å². The fraction of sp³-hybridized carbons (Fsp3) is 0.120. The third kappa shape index (κ3) is 3.81. The molecule has 0 aliphatic carbocycles. The number of fused-ring (bicyclic) bond motifs is 1. The molecule has 0 radical (unpaired) electrons. The quantitative estimate of drug-likeness (QED) is 0.433. The molecule has 3 aromatic carbocycles. The molecule has 0 fully saturated rings. The van der Waals surface area contributed by atoms with Crippen molar-refractivity contribution in [3.8, 4) is 29.0 Å². The van der Waals surface area contributed by atoms with Gasteiger partial charge in [0.1, 0.15) is 11.8 Å². The lowest BCUT2D eigenvalue weighted by Gasteiger charge is -2.16. The van der Waals surface area contributed by atoms with Crippen molar-refractivity contribution in [1.29, 1.82) is 5.26 Å². The summed E-state index contributed by atoms with van der Waals surface area (Å²) >= 11 is 0. The molecule has 0 saturated carbocycles. The summed E-state index contributed by atoms with van der Waals surface area (Å²) < 4.78 is 25.5. The van der Waals surface area contributed by atoms with Crippen LogP contribution in [0.5, 0.6) is 11.5 Å². The van der Waals surface area contributed by atoms with Crippen molar-refractivity contribution >= 4 is 5.91 Å². The molecule has 2 heterocycles. The number of hydrogen-bond donors (Lipinski definition) is 0. The Bertz CT molecular complexity index is 1410. The van der Waals surface area contributed by atoms with Crippen molar-refractivity contribution in [2.24, 2.45) is 0 Å². The number of rotatable bonds is 5. The summed E-state index contributed by atoms with van der Waals surface area (Å²) in [5.74, 6) is 0.0907. The van der Waals surface area contributed by atoms with Gasteiger partial charge in [-0.15, -0.1) is 10.2 Å². The smallest absolute Gasteiger partial charge is 0.258 e. The molecule has 1 aromatic heterocycles. The number of ether oxygens (including phenoxy) is 1. The van der Waals surface area contributed by atoms with Gasteiger partial charge in [0.2, 0.25) is 11.8 Å². The Balaban J connectivity index is 1.37. The second kappa shape index (κ2) is 8.20. The van der Waals surface area contributed by atoms with E-state index in [1.54, 1.807) is 24.0 Å². The molecule has 5 rings (SSSR count). The normalized spacial score (nSPS) is 12.5. The maximum atomic E-state index is 14.3. The summed E-state index contributed by atoms with van der Waals surface area (Å²) in [7, 11) is 0. The van der Waals surface area contributed by atoms with Crippen molar-refractivity contribution in [2.75, 3.05) is 0 Å². The van der Waals surface area contributed by atoms with Crippen molar-refractivity contribution in [3.05, 3.63) is 94.6 Å². The van der Waals surface area contributed by atoms with Crippen molar-refractivity contribution in [3.63, 3.8) is 0 Å². The number of aryl methyl sites for hydroxylation is 1. The fourth-order valence-electron chi connectivity index (χ4n) is 3.80. The molecule has 4 aromatic rings. The van der Waals surface area contributed by atoms with Gasteiger partial charge in [0.05, 0.1) is 11.1 Å². The van der Waals surface area contributed by atoms with Gasteiger partial charge < -0.3 is 14.1 Å². The number of para-hydroxylation sites is 1. The summed E-state index contributed by atoms with van der Waals surface area (Å²) in [4.78, 5) is 14.9. The van der Waals surface area contributed by atoms with E-state index in [4.69, 9.17) is 9.15 Å². The van der Waals surface area contributed by atoms with E-state index in [1.165, 1.54) is 18.2 Å². The molecule has 0 N–H and O–H groups in total. The van der Waals surface area contributed by atoms with E-state index in [0.29, 0.717) is 30.4 Å². The average Bonchev–Trinajstić information content (AvgIpc) is 3.39. The Labute approximate surface area is 188 Å². The Morgan fingerprint density at radius 3 is 2.64 bits per heavy atom. The Kier molecular flexibility index (Phi) is 5.07. The van der Waals surface area contributed by atoms with Gasteiger partial charge in [-0.2, -0.15) is 5.26 Å². The summed E-state index contributed by atoms with van der Waals surface area (Å²) in [6, 6.07) is 18.8. The molecule has 0 spiro atoms. The summed E-state index contributed by atoms with van der Waals surface area (Å²) in [6.45, 7) is 2.52. The molecule has 7 nitrogen and oxygen atoms in total. The predicted molar refractivity (Wildman–Crippen MR) is 116 cm³/mol. The minimum absolute atomic E-state index is 0.0615. The molecule has 0 saturated heterocycles. The second-order valence-electron chi connectivity index (χ2n) is 7.61. The number of amides is 1. The highest BCUT2D eigenvalue weighted by atomic mass is 19.1. The number of aromatic nitrogens is 2. The van der Waals surface area contributed by atoms with Crippen LogP contribution in [0.25, 0.3) is 11.5 Å². The largest absolute Gasteiger partial charge is 0.452 e. The molecular formula is C25H17FN4O3. The van der Waals surface area contributed by atoms with Gasteiger partial charge in [0.25, 0.3) is 5.91 Å². The maximum absolute atomic E-state index is 14.3. The van der Waals surface area contributed by atoms with Crippen LogP contribution in [-0.4, -0.2) is 21.0 Å². The van der Waals surface area contributed by atoms with Crippen LogP contribution in [0.2, 0.25) is 0 Å². The molecule has 1 aliphatic heterocycles. The summed E-state index contributed by atoms with van der Waals surface area (Å²) in [5.41, 5.74) is 2.95. The minimum Gasteiger partial charge on any atom is -0.452 e. The van der Waals surface area contributed by atoms with Gasteiger partial charge in [-0.05, 0) is 41.5 Å². The molecule has 0 atom stereocenters. The van der Waals surface area contributed by atoms with Crippen molar-refractivity contribution in [2.45, 2.75) is 20.0 Å². The van der Waals surface area contributed by atoms with Crippen molar-refractivity contribution < 1.29 is 18.3 Å². The monoisotopic (exact) mass is 440 g/mol. The fourth-order valence-corrected chi connectivity index (χ4v) is 3.80. The molecule has 1 aliphatic rings. The van der Waals surface area contributed by atoms with Crippen LogP contribution in [0.1, 0.15) is 32.9 Å². The molecule has 1 amide bonds. The van der Waals surface area contributed by atoms with Gasteiger partial charge in [-0.1, -0.05) is 30.3 Å². The number of halogens is 1. The van der Waals surface area contributed by atoms with Crippen LogP contribution in [0.4, 0.5) is 4.39 Å². The SMILES string of the molecule is Cc1nnc(-c2ccc(CN3Cc4cccc(Oc5c(F)cccc5C#N)c4C3=O)cc2)o1. The lowest BCUT2D eigenvalue weighted by Crippen LogP contribution is -2.23. The van der Waals surface area contributed by atoms with E-state index in [9.17, 15) is 14.4 Å². The van der Waals surface area contributed by atoms with Gasteiger partial charge in [-0.25, -0.2) is 4.39 Å². The molecule has 162 valence electrons. The highest BCUT2D eigenvalue weighted by Crippen LogP contribution is 2.36. The minimum atomic E-state index is -0.662. The zero-order valence-corrected chi connectivity index (χ0v) is 17.6. The number of hydrogen-bond acceptors (Lipinski definition) is 6. The number of carbonyl (C=O) groups is 1.